The number of aldehydes is 2. The Labute approximate surface area is 689 Å². The number of nitrogens with one attached hydrogen (secondary N) is 13. The quantitative estimate of drug-likeness (QED) is 0.0140. The molecular formula is C85H122N17O16+. The minimum absolute atomic E-state index is 0.0125. The average molecular weight is 1640 g/mol. The van der Waals surface area contributed by atoms with Gasteiger partial charge < -0.3 is 94.9 Å². The number of phenolic OH excluding ortho intramolecular Hbond substituents is 1. The Morgan fingerprint density at radius 1 is 0.559 bits per heavy atom. The van der Waals surface area contributed by atoms with Crippen molar-refractivity contribution in [3.05, 3.63) is 138 Å². The first kappa shape index (κ1) is 95.6. The van der Waals surface area contributed by atoms with Crippen molar-refractivity contribution in [2.24, 2.45) is 52.9 Å². The zero-order chi connectivity index (χ0) is 87.4. The number of amides is 12. The number of H-pyrrole nitrogens is 1. The van der Waals surface area contributed by atoms with Gasteiger partial charge in [-0.2, -0.15) is 0 Å². The second kappa shape index (κ2) is 46.0. The zero-order valence-electron chi connectivity index (χ0n) is 69.7. The van der Waals surface area contributed by atoms with Crippen LogP contribution in [0.5, 0.6) is 5.75 Å². The van der Waals surface area contributed by atoms with E-state index in [0.717, 1.165) is 16.5 Å². The monoisotopic (exact) mass is 1640 g/mol. The predicted octanol–water partition coefficient (Wildman–Crippen LogP) is 0.188. The molecule has 0 saturated carbocycles. The smallest absolute Gasteiger partial charge is 0.278 e. The number of aromatic hydroxyl groups is 1. The van der Waals surface area contributed by atoms with Crippen LogP contribution in [0, 0.1) is 41.4 Å². The highest BCUT2D eigenvalue weighted by molar-refractivity contribution is 6.10. The fourth-order valence-electron chi connectivity index (χ4n) is 13.8. The van der Waals surface area contributed by atoms with Crippen LogP contribution in [0.1, 0.15) is 138 Å². The summed E-state index contributed by atoms with van der Waals surface area (Å²) in [5, 5.41) is 43.9. The number of carbonyl (C=O) groups is 15. The molecule has 4 aromatic carbocycles. The third kappa shape index (κ3) is 28.2. The Balaban J connectivity index is 1.19. The molecule has 0 bridgehead atoms. The fourth-order valence-corrected chi connectivity index (χ4v) is 13.8. The number of likely N-dealkylation sites (tertiary alicyclic amines) is 1. The molecule has 33 nitrogen and oxygen atoms in total. The molecule has 6 rings (SSSR count). The summed E-state index contributed by atoms with van der Waals surface area (Å²) in [5.74, 6) is -15.6. The Morgan fingerprint density at radius 2 is 1.10 bits per heavy atom. The van der Waals surface area contributed by atoms with E-state index in [1.807, 2.05) is 38.1 Å². The van der Waals surface area contributed by atoms with Gasteiger partial charge in [0, 0.05) is 47.8 Å². The third-order valence-corrected chi connectivity index (χ3v) is 21.7. The molecule has 5 aromatic rings. The molecule has 21 N–H and O–H groups in total. The number of aromatic nitrogens is 1. The van der Waals surface area contributed by atoms with Crippen molar-refractivity contribution in [2.75, 3.05) is 13.1 Å². The molecule has 2 heterocycles. The number of phenols is 1. The molecule has 12 amide bonds. The third-order valence-electron chi connectivity index (χ3n) is 21.7. The second-order valence-electron chi connectivity index (χ2n) is 31.9. The van der Waals surface area contributed by atoms with Crippen molar-refractivity contribution < 1.29 is 82.8 Å². The van der Waals surface area contributed by atoms with Gasteiger partial charge in [0.1, 0.15) is 36.4 Å². The van der Waals surface area contributed by atoms with Gasteiger partial charge >= 0.3 is 0 Å². The maximum atomic E-state index is 15.2. The number of quaternary nitrogens is 1. The van der Waals surface area contributed by atoms with Gasteiger partial charge in [-0.1, -0.05) is 153 Å². The molecule has 1 aliphatic rings. The van der Waals surface area contributed by atoms with Gasteiger partial charge in [-0.15, -0.1) is 0 Å². The van der Waals surface area contributed by atoms with Crippen LogP contribution in [0.25, 0.3) is 10.9 Å². The average Bonchev–Trinajstić information content (AvgIpc) is 1.72. The number of hydrogen-bond donors (Lipinski definition) is 17. The summed E-state index contributed by atoms with van der Waals surface area (Å²) in [5.41, 5.74) is 19.1. The van der Waals surface area contributed by atoms with E-state index in [2.05, 4.69) is 74.5 Å². The molecule has 1 saturated heterocycles. The van der Waals surface area contributed by atoms with E-state index < -0.39 is 198 Å². The lowest BCUT2D eigenvalue weighted by molar-refractivity contribution is -0.398. The number of benzene rings is 4. The first-order chi connectivity index (χ1) is 55.9. The van der Waals surface area contributed by atoms with Gasteiger partial charge in [-0.3, -0.25) is 73.0 Å². The summed E-state index contributed by atoms with van der Waals surface area (Å²) in [6.45, 7) is 20.5. The second-order valence-corrected chi connectivity index (χ2v) is 31.9. The number of ketones is 1. The van der Waals surface area contributed by atoms with Crippen LogP contribution in [0.3, 0.4) is 0 Å². The summed E-state index contributed by atoms with van der Waals surface area (Å²) in [6, 6.07) is 17.3. The Hall–Kier alpha value is -11.3. The molecule has 1 fully saturated rings. The van der Waals surface area contributed by atoms with E-state index >= 15 is 9.59 Å². The van der Waals surface area contributed by atoms with Gasteiger partial charge in [0.2, 0.25) is 47.3 Å². The highest BCUT2D eigenvalue weighted by Crippen LogP contribution is 2.25. The van der Waals surface area contributed by atoms with E-state index in [1.165, 1.54) is 44.7 Å². The van der Waals surface area contributed by atoms with Crippen molar-refractivity contribution in [1.82, 2.24) is 73.7 Å². The maximum absolute atomic E-state index is 15.2. The minimum atomic E-state index is -1.93. The summed E-state index contributed by atoms with van der Waals surface area (Å²) < 4.78 is 0. The molecule has 0 spiro atoms. The lowest BCUT2D eigenvalue weighted by Gasteiger charge is -2.33. The van der Waals surface area contributed by atoms with Crippen LogP contribution in [-0.2, 0) is 97.6 Å². The van der Waals surface area contributed by atoms with Gasteiger partial charge in [0.25, 0.3) is 23.6 Å². The summed E-state index contributed by atoms with van der Waals surface area (Å²) >= 11 is 0. The molecular weight excluding hydrogens is 1520 g/mol. The number of primary amides is 1. The number of para-hydroxylation sites is 1. The first-order valence-electron chi connectivity index (χ1n) is 40.4. The van der Waals surface area contributed by atoms with Crippen molar-refractivity contribution >= 4 is 100 Å². The fraction of sp³-hybridized carbons (Fsp3) is 0.518. The highest BCUT2D eigenvalue weighted by Gasteiger charge is 2.43. The highest BCUT2D eigenvalue weighted by atomic mass is 16.3. The Kier molecular flexibility index (Phi) is 37.3. The summed E-state index contributed by atoms with van der Waals surface area (Å²) in [4.78, 5) is 215. The van der Waals surface area contributed by atoms with Crippen LogP contribution in [0.15, 0.2) is 115 Å². The lowest BCUT2D eigenvalue weighted by Crippen LogP contribution is -2.67. The lowest BCUT2D eigenvalue weighted by atomic mass is 9.89. The Morgan fingerprint density at radius 3 is 1.67 bits per heavy atom. The van der Waals surface area contributed by atoms with E-state index in [-0.39, 0.29) is 62.6 Å². The maximum Gasteiger partial charge on any atom is 0.278 e. The topological polar surface area (TPSA) is 519 Å². The molecule has 1 aliphatic heterocycles. The van der Waals surface area contributed by atoms with Gasteiger partial charge in [0.15, 0.2) is 30.2 Å². The number of nitrogens with zero attached hydrogens (tertiary/aromatic N) is 1. The van der Waals surface area contributed by atoms with E-state index in [1.54, 1.807) is 127 Å². The molecule has 118 heavy (non-hydrogen) atoms. The van der Waals surface area contributed by atoms with Crippen molar-refractivity contribution in [1.29, 1.82) is 0 Å². The molecule has 0 radical (unpaired) electrons. The van der Waals surface area contributed by atoms with Gasteiger partial charge in [-0.25, -0.2) is 0 Å². The van der Waals surface area contributed by atoms with Crippen LogP contribution >= 0.6 is 0 Å². The normalized spacial score (nSPS) is 17.3. The molecule has 0 unspecified atom stereocenters. The molecule has 1 aromatic heterocycles. The van der Waals surface area contributed by atoms with Crippen LogP contribution in [0.4, 0.5) is 0 Å². The van der Waals surface area contributed by atoms with E-state index in [4.69, 9.17) is 11.5 Å². The van der Waals surface area contributed by atoms with E-state index in [0.29, 0.717) is 42.1 Å². The van der Waals surface area contributed by atoms with Crippen molar-refractivity contribution in [3.63, 3.8) is 0 Å². The molecule has 33 heteroatoms. The standard InChI is InChI=1S/C85H121N17O16/c1-14-47(6)70(87)72(107)71(83(116)92-51(10)62(80(113)94-53(12)73(88)108)38-57-31-33-60(105)34-32-57)99-76(109)49(8)66(39-56-26-19-16-20-27-56)98-79(112)54(13)91-69(106)42-90-82(115)68-30-23-35-102(68)85(118)75(96-67(44-104)46(4)5)101-81(114)63(37-55-24-17-15-18-25-55)52(11)93-84(117)74(95-59(43-103)40-58-41-89-64-29-22-21-28-61(58)64)100-77(110)48(7)65(36-45(2)3)97-78(111)50(9)86/h15-22,24-29,31-34,41,43-54,59,62-63,65-68,70-71,74-75,89,95-96,105H,14,23,30,35-40,42,86-87H2,1-13H3,(H2,88,108)(H,90,115)(H,91,106)(H,92,116)(H,93,117)(H,94,113)(H,97,111)(H,98,112)(H,99,109)(H,100,110)(H,101,114)/p+1/t47-,48-,49-,50+,51+,52+,53+,54+,59-,62-,63-,65+,66+,67+,68-,70+,71+,74+,75-/m1/s1. The number of carbonyl (C=O) groups excluding carboxylic acids is 15. The molecule has 642 valence electrons. The predicted molar refractivity (Wildman–Crippen MR) is 441 cm³/mol. The van der Waals surface area contributed by atoms with Crippen LogP contribution < -0.4 is 81.0 Å². The molecule has 0 aliphatic carbocycles. The number of nitrogens with two attached hydrogens (primary N) is 2. The largest absolute Gasteiger partial charge is 0.508 e. The number of Topliss-reactive ketones (excluding diaryl/α,β-unsaturated/α-hetero) is 1. The number of rotatable bonds is 47. The molecule has 19 atom stereocenters. The van der Waals surface area contributed by atoms with Crippen LogP contribution in [0.2, 0.25) is 0 Å². The van der Waals surface area contributed by atoms with Gasteiger partial charge in [0.05, 0.1) is 48.3 Å². The summed E-state index contributed by atoms with van der Waals surface area (Å²) in [6.07, 6.45) is 0.819. The SMILES string of the molecule is CC[C@@H](C)[C@H](N)C(=O)[C@H](NC(=O)[C@H](C)[C@H](Cc1ccccc1)NC(=O)[C@H](C)NC(=O)CNC(=O)[C@H]1CCCN1C(=O)[C@@H](NC(=O)[C@H](Cc1ccccc1)[C@H](C)NC(=O)[C@H](NC(=O)[C@H](C)[C@H](CC(C)C)NC(=O)[C@H](C)[NH3+])N[C@@H](C=O)Cc1c[nH]c2ccccc12)N[C@@H](C=O)C(C)C)C(=O)N[C@@H](C)[C@@H](Cc1ccc(O)cc1)C(=O)N[C@@H](C)C(N)=O. The number of hydrogen-bond acceptors (Lipinski definition) is 19. The van der Waals surface area contributed by atoms with E-state index in [9.17, 15) is 67.4 Å². The van der Waals surface area contributed by atoms with Gasteiger partial charge in [-0.05, 0) is 138 Å². The number of aromatic amines is 1. The zero-order valence-corrected chi connectivity index (χ0v) is 69.7. The van der Waals surface area contributed by atoms with Crippen molar-refractivity contribution in [3.8, 4) is 5.75 Å². The summed E-state index contributed by atoms with van der Waals surface area (Å²) in [7, 11) is 0. The first-order valence-corrected chi connectivity index (χ1v) is 40.4. The Bertz CT molecular complexity index is 4260. The minimum Gasteiger partial charge on any atom is -0.508 e. The van der Waals surface area contributed by atoms with Crippen molar-refractivity contribution in [2.45, 2.75) is 226 Å². The number of fused-ring (bicyclic) bond motifs is 1. The van der Waals surface area contributed by atoms with Crippen LogP contribution in [-0.4, -0.2) is 202 Å².